The fraction of sp³-hybridized carbons (Fsp3) is 0.333. The Morgan fingerprint density at radius 2 is 2.22 bits per heavy atom. The normalized spacial score (nSPS) is 10.5. The molecule has 6 nitrogen and oxygen atoms in total. The van der Waals surface area contributed by atoms with E-state index in [1.54, 1.807) is 0 Å². The van der Waals surface area contributed by atoms with Crippen molar-refractivity contribution in [3.63, 3.8) is 0 Å². The summed E-state index contributed by atoms with van der Waals surface area (Å²) in [7, 11) is 0. The molecule has 0 fully saturated rings. The predicted octanol–water partition coefficient (Wildman–Crippen LogP) is 2.24. The molecule has 98 valence electrons. The van der Waals surface area contributed by atoms with Crippen LogP contribution in [0.15, 0.2) is 6.07 Å². The third-order valence-electron chi connectivity index (χ3n) is 1.89. The number of esters is 1. The number of hydrogen-bond donors (Lipinski definition) is 0. The molecule has 1 aromatic rings. The summed E-state index contributed by atoms with van der Waals surface area (Å²) in [5.41, 5.74) is -2.20. The van der Waals surface area contributed by atoms with Crippen LogP contribution in [0.4, 0.5) is 19.0 Å². The zero-order valence-electron chi connectivity index (χ0n) is 9.02. The number of halogens is 3. The third-order valence-corrected chi connectivity index (χ3v) is 1.89. The van der Waals surface area contributed by atoms with Crippen molar-refractivity contribution in [2.24, 2.45) is 0 Å². The summed E-state index contributed by atoms with van der Waals surface area (Å²) in [6.07, 6.45) is -3.26. The number of carbonyl (C=O) groups excluding carboxylic acids is 1. The van der Waals surface area contributed by atoms with Gasteiger partial charge in [0.2, 0.25) is 0 Å². The molecule has 1 heterocycles. The monoisotopic (exact) mass is 264 g/mol. The number of nitrogens with zero attached hydrogens (tertiary/aromatic N) is 2. The number of carbonyl (C=O) groups is 1. The second-order valence-electron chi connectivity index (χ2n) is 3.01. The van der Waals surface area contributed by atoms with Crippen molar-refractivity contribution >= 4 is 11.8 Å². The van der Waals surface area contributed by atoms with Gasteiger partial charge in [0.1, 0.15) is 0 Å². The highest BCUT2D eigenvalue weighted by Gasteiger charge is 2.30. The van der Waals surface area contributed by atoms with Crippen molar-refractivity contribution < 1.29 is 27.6 Å². The largest absolute Gasteiger partial charge is 0.462 e. The van der Waals surface area contributed by atoms with Gasteiger partial charge in [0.15, 0.2) is 5.56 Å². The lowest BCUT2D eigenvalue weighted by Gasteiger charge is -2.06. The summed E-state index contributed by atoms with van der Waals surface area (Å²) >= 11 is 0. The summed E-state index contributed by atoms with van der Waals surface area (Å²) in [4.78, 5) is 23.3. The Bertz CT molecular complexity index is 493. The van der Waals surface area contributed by atoms with Gasteiger partial charge in [0.05, 0.1) is 6.61 Å². The lowest BCUT2D eigenvalue weighted by Crippen LogP contribution is -2.13. The number of rotatable bonds is 4. The Balaban J connectivity index is 3.41. The number of hydrogen-bond acceptors (Lipinski definition) is 5. The Labute approximate surface area is 98.5 Å². The maximum absolute atomic E-state index is 13.4. The first-order valence-electron chi connectivity index (χ1n) is 4.68. The second kappa shape index (κ2) is 5.43. The van der Waals surface area contributed by atoms with Crippen molar-refractivity contribution in [2.75, 3.05) is 6.61 Å². The Hall–Kier alpha value is -2.19. The first-order chi connectivity index (χ1) is 8.38. The summed E-state index contributed by atoms with van der Waals surface area (Å²) < 4.78 is 43.0. The number of pyridine rings is 1. The lowest BCUT2D eigenvalue weighted by molar-refractivity contribution is -0.390. The topological polar surface area (TPSA) is 82.3 Å². The van der Waals surface area contributed by atoms with Gasteiger partial charge >= 0.3 is 17.7 Å². The summed E-state index contributed by atoms with van der Waals surface area (Å²) in [6, 6.07) is 0.347. The van der Waals surface area contributed by atoms with Crippen LogP contribution in [0.1, 0.15) is 29.3 Å². The zero-order valence-corrected chi connectivity index (χ0v) is 9.02. The van der Waals surface area contributed by atoms with E-state index in [0.29, 0.717) is 6.07 Å². The van der Waals surface area contributed by atoms with Crippen LogP contribution < -0.4 is 0 Å². The molecule has 0 aliphatic heterocycles. The molecule has 0 aliphatic carbocycles. The molecule has 0 amide bonds. The quantitative estimate of drug-likeness (QED) is 0.360. The highest BCUT2D eigenvalue weighted by molar-refractivity contribution is 5.91. The second-order valence-corrected chi connectivity index (χ2v) is 3.01. The van der Waals surface area contributed by atoms with Crippen LogP contribution in [0.2, 0.25) is 0 Å². The van der Waals surface area contributed by atoms with Gasteiger partial charge in [0, 0.05) is 11.6 Å². The molecule has 1 aromatic heterocycles. The highest BCUT2D eigenvalue weighted by Crippen LogP contribution is 2.28. The van der Waals surface area contributed by atoms with Crippen molar-refractivity contribution in [2.45, 2.75) is 13.3 Å². The fourth-order valence-electron chi connectivity index (χ4n) is 1.19. The van der Waals surface area contributed by atoms with Gasteiger partial charge in [0.25, 0.3) is 6.43 Å². The van der Waals surface area contributed by atoms with E-state index in [9.17, 15) is 28.1 Å². The summed E-state index contributed by atoms with van der Waals surface area (Å²) in [5.74, 6) is -4.10. The molecule has 9 heteroatoms. The number of ether oxygens (including phenoxy) is 1. The molecule has 0 aliphatic rings. The molecule has 18 heavy (non-hydrogen) atoms. The molecule has 0 N–H and O–H groups in total. The van der Waals surface area contributed by atoms with Gasteiger partial charge in [-0.3, -0.25) is 0 Å². The molecule has 0 bridgehead atoms. The molecular formula is C9H7F3N2O4. The highest BCUT2D eigenvalue weighted by atomic mass is 19.3. The average molecular weight is 264 g/mol. The molecule has 0 spiro atoms. The molecular weight excluding hydrogens is 257 g/mol. The lowest BCUT2D eigenvalue weighted by atomic mass is 10.1. The molecule has 1 rings (SSSR count). The van der Waals surface area contributed by atoms with Gasteiger partial charge < -0.3 is 14.9 Å². The van der Waals surface area contributed by atoms with Gasteiger partial charge in [-0.15, -0.1) is 0 Å². The van der Waals surface area contributed by atoms with E-state index >= 15 is 0 Å². The summed E-state index contributed by atoms with van der Waals surface area (Å²) in [6.45, 7) is 1.24. The molecule has 0 atom stereocenters. The number of alkyl halides is 2. The SMILES string of the molecule is CCOC(=O)c1c(C(F)F)cc([N+](=O)[O-])nc1F. The van der Waals surface area contributed by atoms with Gasteiger partial charge in [-0.25, -0.2) is 13.6 Å². The van der Waals surface area contributed by atoms with E-state index in [0.717, 1.165) is 0 Å². The van der Waals surface area contributed by atoms with E-state index in [-0.39, 0.29) is 6.61 Å². The van der Waals surface area contributed by atoms with Crippen LogP contribution in [-0.2, 0) is 4.74 Å². The Morgan fingerprint density at radius 1 is 1.61 bits per heavy atom. The first kappa shape index (κ1) is 13.9. The Kier molecular flexibility index (Phi) is 4.18. The minimum Gasteiger partial charge on any atom is -0.462 e. The maximum Gasteiger partial charge on any atom is 0.367 e. The number of aromatic nitrogens is 1. The number of nitro groups is 1. The fourth-order valence-corrected chi connectivity index (χ4v) is 1.19. The standard InChI is InChI=1S/C9H7F3N2O4/c1-2-18-9(15)6-4(7(10)11)3-5(14(16)17)13-8(6)12/h3,7H,2H2,1H3. The van der Waals surface area contributed by atoms with E-state index in [1.807, 2.05) is 0 Å². The van der Waals surface area contributed by atoms with E-state index < -0.39 is 40.2 Å². The molecule has 0 aromatic carbocycles. The van der Waals surface area contributed by atoms with Crippen molar-refractivity contribution in [1.82, 2.24) is 4.98 Å². The third kappa shape index (κ3) is 2.73. The van der Waals surface area contributed by atoms with Crippen LogP contribution in [0.3, 0.4) is 0 Å². The smallest absolute Gasteiger partial charge is 0.367 e. The summed E-state index contributed by atoms with van der Waals surface area (Å²) in [5, 5.41) is 10.4. The average Bonchev–Trinajstić information content (AvgIpc) is 2.27. The Morgan fingerprint density at radius 3 is 2.67 bits per heavy atom. The van der Waals surface area contributed by atoms with Gasteiger partial charge in [-0.05, 0) is 16.8 Å². The van der Waals surface area contributed by atoms with E-state index in [1.165, 1.54) is 6.92 Å². The predicted molar refractivity (Wildman–Crippen MR) is 51.8 cm³/mol. The van der Waals surface area contributed by atoms with Crippen LogP contribution >= 0.6 is 0 Å². The van der Waals surface area contributed by atoms with E-state index in [4.69, 9.17) is 0 Å². The van der Waals surface area contributed by atoms with Gasteiger partial charge in [-0.1, -0.05) is 0 Å². The first-order valence-corrected chi connectivity index (χ1v) is 4.68. The zero-order chi connectivity index (χ0) is 13.9. The molecule has 0 radical (unpaired) electrons. The van der Waals surface area contributed by atoms with Crippen molar-refractivity contribution in [3.05, 3.63) is 33.3 Å². The van der Waals surface area contributed by atoms with Crippen molar-refractivity contribution in [3.8, 4) is 0 Å². The van der Waals surface area contributed by atoms with Crippen molar-refractivity contribution in [1.29, 1.82) is 0 Å². The minimum atomic E-state index is -3.26. The maximum atomic E-state index is 13.4. The molecule has 0 saturated heterocycles. The van der Waals surface area contributed by atoms with E-state index in [2.05, 4.69) is 9.72 Å². The molecule has 0 saturated carbocycles. The van der Waals surface area contributed by atoms with Crippen LogP contribution in [0.5, 0.6) is 0 Å². The molecule has 0 unspecified atom stereocenters. The van der Waals surface area contributed by atoms with Crippen LogP contribution in [0, 0.1) is 16.1 Å². The van der Waals surface area contributed by atoms with Gasteiger partial charge in [-0.2, -0.15) is 4.39 Å². The van der Waals surface area contributed by atoms with Crippen LogP contribution in [0.25, 0.3) is 0 Å². The minimum absolute atomic E-state index is 0.155. The van der Waals surface area contributed by atoms with Crippen LogP contribution in [-0.4, -0.2) is 22.5 Å².